The van der Waals surface area contributed by atoms with Gasteiger partial charge in [-0.3, -0.25) is 4.79 Å². The summed E-state index contributed by atoms with van der Waals surface area (Å²) >= 11 is 0. The van der Waals surface area contributed by atoms with Crippen molar-refractivity contribution in [3.05, 3.63) is 47.0 Å². The number of ether oxygens (including phenoxy) is 3. The lowest BCUT2D eigenvalue weighted by atomic mass is 9.45. The SMILES string of the molecule is CC(=O)O[C@@]12CO[C@@H]1C[C@H](O)[C@]1(C)C2[C@H](OC(=O)c2ccccc2)C2C[C@H](O)C(C)=C([C@@H](O)[C@H]1O)C2(C)C. The van der Waals surface area contributed by atoms with Crippen LogP contribution < -0.4 is 0 Å². The highest BCUT2D eigenvalue weighted by Crippen LogP contribution is 2.63. The molecule has 0 spiro atoms. The van der Waals surface area contributed by atoms with Crippen LogP contribution in [-0.4, -0.2) is 81.2 Å². The molecule has 0 amide bonds. The van der Waals surface area contributed by atoms with Crippen molar-refractivity contribution in [2.75, 3.05) is 6.61 Å². The average molecular weight is 531 g/mol. The van der Waals surface area contributed by atoms with Gasteiger partial charge in [-0.05, 0) is 42.0 Å². The predicted molar refractivity (Wildman–Crippen MR) is 135 cm³/mol. The fraction of sp³-hybridized carbons (Fsp3) is 0.655. The predicted octanol–water partition coefficient (Wildman–Crippen LogP) is 1.76. The Labute approximate surface area is 222 Å². The third kappa shape index (κ3) is 3.70. The summed E-state index contributed by atoms with van der Waals surface area (Å²) in [5.41, 5.74) is -2.26. The summed E-state index contributed by atoms with van der Waals surface area (Å²) in [6.45, 7) is 8.45. The molecular formula is C29H38O9. The first-order valence-electron chi connectivity index (χ1n) is 13.3. The maximum Gasteiger partial charge on any atom is 0.338 e. The molecule has 3 fully saturated rings. The van der Waals surface area contributed by atoms with Crippen molar-refractivity contribution in [1.82, 2.24) is 0 Å². The zero-order chi connectivity index (χ0) is 27.8. The van der Waals surface area contributed by atoms with Crippen molar-refractivity contribution in [1.29, 1.82) is 0 Å². The summed E-state index contributed by atoms with van der Waals surface area (Å²) in [4.78, 5) is 26.0. The summed E-state index contributed by atoms with van der Waals surface area (Å²) < 4.78 is 18.1. The number of aliphatic hydroxyl groups is 4. The van der Waals surface area contributed by atoms with Crippen LogP contribution in [-0.2, 0) is 19.0 Å². The van der Waals surface area contributed by atoms with Crippen LogP contribution in [0.15, 0.2) is 41.5 Å². The zero-order valence-electron chi connectivity index (χ0n) is 22.5. The molecule has 4 N–H and O–H groups in total. The molecule has 2 bridgehead atoms. The number of hydrogen-bond donors (Lipinski definition) is 4. The van der Waals surface area contributed by atoms with Crippen LogP contribution in [0, 0.1) is 22.7 Å². The van der Waals surface area contributed by atoms with Gasteiger partial charge < -0.3 is 34.6 Å². The van der Waals surface area contributed by atoms with Gasteiger partial charge in [0.25, 0.3) is 0 Å². The van der Waals surface area contributed by atoms with E-state index in [4.69, 9.17) is 14.2 Å². The standard InChI is InChI=1S/C29H38O9/c1-14-18(31)11-17-23(37-26(35)16-9-7-6-8-10-16)24-28(5,25(34)22(33)21(14)27(17,3)4)19(32)12-20-29(24,13-36-20)38-15(2)30/h6-10,17-20,22-25,31-34H,11-13H2,1-5H3/t17?,18-,19-,20+,22+,23+,24?,25+,28+,29-/m0/s1. The molecule has 2 saturated carbocycles. The first-order valence-corrected chi connectivity index (χ1v) is 13.3. The quantitative estimate of drug-likeness (QED) is 0.340. The van der Waals surface area contributed by atoms with Gasteiger partial charge >= 0.3 is 11.9 Å². The molecule has 0 aromatic heterocycles. The molecule has 1 saturated heterocycles. The maximum absolute atomic E-state index is 13.6. The van der Waals surface area contributed by atoms with Crippen LogP contribution in [0.5, 0.6) is 0 Å². The number of esters is 2. The Morgan fingerprint density at radius 2 is 1.68 bits per heavy atom. The number of hydrogen-bond acceptors (Lipinski definition) is 9. The van der Waals surface area contributed by atoms with E-state index < -0.39 is 76.8 Å². The molecule has 1 aliphatic heterocycles. The van der Waals surface area contributed by atoms with E-state index in [0.717, 1.165) is 0 Å². The Morgan fingerprint density at radius 3 is 2.26 bits per heavy atom. The fourth-order valence-electron chi connectivity index (χ4n) is 7.96. The van der Waals surface area contributed by atoms with Crippen molar-refractivity contribution in [3.63, 3.8) is 0 Å². The monoisotopic (exact) mass is 530 g/mol. The Balaban J connectivity index is 1.76. The van der Waals surface area contributed by atoms with Crippen LogP contribution >= 0.6 is 0 Å². The summed E-state index contributed by atoms with van der Waals surface area (Å²) in [5.74, 6) is -2.67. The number of fused-ring (bicyclic) bond motifs is 5. The smallest absolute Gasteiger partial charge is 0.338 e. The Hall–Kier alpha value is -2.30. The number of carbonyl (C=O) groups is 2. The van der Waals surface area contributed by atoms with E-state index in [1.165, 1.54) is 6.92 Å². The molecule has 2 unspecified atom stereocenters. The molecule has 9 nitrogen and oxygen atoms in total. The molecule has 4 aliphatic rings. The van der Waals surface area contributed by atoms with Crippen molar-refractivity contribution in [2.24, 2.45) is 22.7 Å². The molecular weight excluding hydrogens is 492 g/mol. The second-order valence-corrected chi connectivity index (χ2v) is 12.2. The molecule has 1 aromatic carbocycles. The molecule has 208 valence electrons. The van der Waals surface area contributed by atoms with Gasteiger partial charge in [-0.25, -0.2) is 4.79 Å². The van der Waals surface area contributed by atoms with E-state index in [2.05, 4.69) is 0 Å². The van der Waals surface area contributed by atoms with E-state index in [1.54, 1.807) is 44.2 Å². The van der Waals surface area contributed by atoms with Gasteiger partial charge in [-0.1, -0.05) is 39.0 Å². The van der Waals surface area contributed by atoms with Crippen molar-refractivity contribution in [3.8, 4) is 0 Å². The summed E-state index contributed by atoms with van der Waals surface area (Å²) in [6.07, 6.45) is -6.47. The molecule has 9 heteroatoms. The van der Waals surface area contributed by atoms with Crippen LogP contribution in [0.2, 0.25) is 0 Å². The number of rotatable bonds is 3. The highest BCUT2D eigenvalue weighted by Gasteiger charge is 2.74. The number of carbonyl (C=O) groups excluding carboxylic acids is 2. The summed E-state index contributed by atoms with van der Waals surface area (Å²) in [7, 11) is 0. The first-order chi connectivity index (χ1) is 17.8. The van der Waals surface area contributed by atoms with E-state index in [9.17, 15) is 30.0 Å². The number of benzene rings is 1. The minimum Gasteiger partial charge on any atom is -0.458 e. The largest absolute Gasteiger partial charge is 0.458 e. The second kappa shape index (κ2) is 9.13. The lowest BCUT2D eigenvalue weighted by molar-refractivity contribution is -0.354. The van der Waals surface area contributed by atoms with Crippen molar-refractivity contribution in [2.45, 2.75) is 89.7 Å². The molecule has 38 heavy (non-hydrogen) atoms. The number of aliphatic hydroxyl groups excluding tert-OH is 4. The van der Waals surface area contributed by atoms with E-state index >= 15 is 0 Å². The van der Waals surface area contributed by atoms with Crippen molar-refractivity contribution < 1.29 is 44.2 Å². The first kappa shape index (κ1) is 27.3. The van der Waals surface area contributed by atoms with Crippen LogP contribution in [0.1, 0.15) is 57.8 Å². The van der Waals surface area contributed by atoms with Gasteiger partial charge in [0, 0.05) is 24.7 Å². The molecule has 1 heterocycles. The van der Waals surface area contributed by atoms with E-state index in [0.29, 0.717) is 16.7 Å². The minimum atomic E-state index is -1.52. The third-order valence-electron chi connectivity index (χ3n) is 9.97. The fourth-order valence-corrected chi connectivity index (χ4v) is 7.96. The normalized spacial score (nSPS) is 43.5. The van der Waals surface area contributed by atoms with Crippen LogP contribution in [0.4, 0.5) is 0 Å². The highest BCUT2D eigenvalue weighted by atomic mass is 16.6. The lowest BCUT2D eigenvalue weighted by Gasteiger charge is -2.67. The van der Waals surface area contributed by atoms with Crippen molar-refractivity contribution >= 4 is 11.9 Å². The molecule has 10 atom stereocenters. The zero-order valence-corrected chi connectivity index (χ0v) is 22.5. The molecule has 0 radical (unpaired) electrons. The Morgan fingerprint density at radius 1 is 1.03 bits per heavy atom. The van der Waals surface area contributed by atoms with Gasteiger partial charge in [-0.15, -0.1) is 0 Å². The molecule has 1 aromatic rings. The molecule has 3 aliphatic carbocycles. The second-order valence-electron chi connectivity index (χ2n) is 12.2. The Kier molecular flexibility index (Phi) is 6.55. The molecule has 5 rings (SSSR count). The maximum atomic E-state index is 13.6. The van der Waals surface area contributed by atoms with Crippen LogP contribution in [0.25, 0.3) is 0 Å². The topological polar surface area (TPSA) is 143 Å². The third-order valence-corrected chi connectivity index (χ3v) is 9.97. The lowest BCUT2D eigenvalue weighted by Crippen LogP contribution is -2.79. The van der Waals surface area contributed by atoms with Gasteiger partial charge in [-0.2, -0.15) is 0 Å². The van der Waals surface area contributed by atoms with E-state index in [-0.39, 0.29) is 19.4 Å². The van der Waals surface area contributed by atoms with Gasteiger partial charge in [0.1, 0.15) is 18.3 Å². The minimum absolute atomic E-state index is 0.0101. The summed E-state index contributed by atoms with van der Waals surface area (Å²) in [6, 6.07) is 8.49. The summed E-state index contributed by atoms with van der Waals surface area (Å²) in [5, 5.41) is 46.1. The highest BCUT2D eigenvalue weighted by molar-refractivity contribution is 5.89. The average Bonchev–Trinajstić information content (AvgIpc) is 2.85. The van der Waals surface area contributed by atoms with Gasteiger partial charge in [0.2, 0.25) is 0 Å². The Bertz CT molecular complexity index is 1150. The van der Waals surface area contributed by atoms with Gasteiger partial charge in [0.05, 0.1) is 36.4 Å². The van der Waals surface area contributed by atoms with Gasteiger partial charge in [0.15, 0.2) is 5.60 Å². The van der Waals surface area contributed by atoms with E-state index in [1.807, 2.05) is 13.8 Å². The van der Waals surface area contributed by atoms with Crippen LogP contribution in [0.3, 0.4) is 0 Å².